The molecule has 15 heteroatoms. The Hall–Kier alpha value is -1.20. The standard InChI is InChI=1S/C10H22N6.H4O7P2/c1-9(2,7(11)13-5)15-16-10(3,4)8(12)14-6;1-8(2,3)7-9(4,5)6/h1-6H3,(H2,11,13)(H2,12,14);(H2,1,2,3)(H2,4,5,6). The largest absolute Gasteiger partial charge is 0.478 e. The highest BCUT2D eigenvalue weighted by atomic mass is 31.3. The molecule has 0 aliphatic heterocycles. The SMILES string of the molecule is CN=C(N)C(C)(C)N=NC(C)(C)C(N)=NC.O=P(O)(O)OP(=O)(O)O. The molecule has 0 heterocycles. The summed E-state index contributed by atoms with van der Waals surface area (Å²) in [6, 6.07) is 0. The molecule has 8 N–H and O–H groups in total. The molecule has 148 valence electrons. The van der Waals surface area contributed by atoms with Gasteiger partial charge in [-0.05, 0) is 27.7 Å². The number of phosphoric acid groups is 2. The third kappa shape index (κ3) is 12.8. The molecule has 0 unspecified atom stereocenters. The highest BCUT2D eigenvalue weighted by Crippen LogP contribution is 2.53. The summed E-state index contributed by atoms with van der Waals surface area (Å²) < 4.78 is 22.2. The Bertz CT molecular complexity index is 567. The fourth-order valence-corrected chi connectivity index (χ4v) is 2.15. The zero-order chi connectivity index (χ0) is 20.7. The lowest BCUT2D eigenvalue weighted by Gasteiger charge is -2.22. The first kappa shape index (κ1) is 26.0. The average Bonchev–Trinajstić information content (AvgIpc) is 2.40. The van der Waals surface area contributed by atoms with E-state index in [9.17, 15) is 9.13 Å². The van der Waals surface area contributed by atoms with Crippen molar-refractivity contribution < 1.29 is 33.0 Å². The molecule has 0 saturated carbocycles. The molecule has 25 heavy (non-hydrogen) atoms. The third-order valence-electron chi connectivity index (χ3n) is 2.50. The maximum atomic E-state index is 9.63. The van der Waals surface area contributed by atoms with Gasteiger partial charge < -0.3 is 31.0 Å². The summed E-state index contributed by atoms with van der Waals surface area (Å²) in [4.78, 5) is 38.8. The van der Waals surface area contributed by atoms with Crippen LogP contribution in [0.5, 0.6) is 0 Å². The van der Waals surface area contributed by atoms with Gasteiger partial charge in [0.15, 0.2) is 0 Å². The van der Waals surface area contributed by atoms with Crippen LogP contribution in [0.3, 0.4) is 0 Å². The van der Waals surface area contributed by atoms with Crippen molar-refractivity contribution in [1.82, 2.24) is 0 Å². The minimum Gasteiger partial charge on any atom is -0.385 e. The molecule has 0 aliphatic rings. The first-order valence-electron chi connectivity index (χ1n) is 6.60. The third-order valence-corrected chi connectivity index (χ3v) is 4.20. The number of nitrogens with two attached hydrogens (primary N) is 2. The van der Waals surface area contributed by atoms with E-state index in [4.69, 9.17) is 31.0 Å². The molecule has 0 rings (SSSR count). The van der Waals surface area contributed by atoms with Gasteiger partial charge in [-0.25, -0.2) is 9.13 Å². The zero-order valence-corrected chi connectivity index (χ0v) is 16.6. The zero-order valence-electron chi connectivity index (χ0n) is 14.9. The van der Waals surface area contributed by atoms with Crippen molar-refractivity contribution in [3.8, 4) is 0 Å². The van der Waals surface area contributed by atoms with Gasteiger partial charge >= 0.3 is 15.6 Å². The molecule has 0 spiro atoms. The van der Waals surface area contributed by atoms with Crippen LogP contribution < -0.4 is 11.5 Å². The molecule has 0 radical (unpaired) electrons. The van der Waals surface area contributed by atoms with E-state index in [0.717, 1.165) is 0 Å². The van der Waals surface area contributed by atoms with E-state index in [0.29, 0.717) is 11.7 Å². The first-order chi connectivity index (χ1) is 10.9. The van der Waals surface area contributed by atoms with E-state index in [1.54, 1.807) is 14.1 Å². The van der Waals surface area contributed by atoms with Gasteiger partial charge in [-0.2, -0.15) is 14.5 Å². The molecule has 0 amide bonds. The lowest BCUT2D eigenvalue weighted by molar-refractivity contribution is 0.225. The maximum absolute atomic E-state index is 9.63. The first-order valence-corrected chi connectivity index (χ1v) is 9.66. The number of amidine groups is 2. The topological polar surface area (TPSA) is 226 Å². The predicted octanol–water partition coefficient (Wildman–Crippen LogP) is 0.158. The van der Waals surface area contributed by atoms with Crippen molar-refractivity contribution in [2.24, 2.45) is 31.7 Å². The Balaban J connectivity index is 0. The van der Waals surface area contributed by atoms with Crippen LogP contribution in [0.15, 0.2) is 20.2 Å². The van der Waals surface area contributed by atoms with Gasteiger partial charge in [-0.1, -0.05) is 0 Å². The lowest BCUT2D eigenvalue weighted by atomic mass is 10.0. The number of azo groups is 1. The number of hydrogen-bond donors (Lipinski definition) is 6. The molecule has 0 aromatic rings. The number of rotatable bonds is 6. The second-order valence-corrected chi connectivity index (χ2v) is 8.21. The molecule has 0 aromatic carbocycles. The minimum absolute atomic E-state index is 0.430. The average molecular weight is 404 g/mol. The fourth-order valence-electron chi connectivity index (χ4n) is 1.04. The van der Waals surface area contributed by atoms with Gasteiger partial charge in [0.05, 0.1) is 0 Å². The minimum atomic E-state index is -5.05. The monoisotopic (exact) mass is 404 g/mol. The Morgan fingerprint density at radius 1 is 0.800 bits per heavy atom. The Labute approximate surface area is 145 Å². The number of nitrogens with zero attached hydrogens (tertiary/aromatic N) is 4. The molecule has 13 nitrogen and oxygen atoms in total. The van der Waals surface area contributed by atoms with Crippen molar-refractivity contribution in [1.29, 1.82) is 0 Å². The van der Waals surface area contributed by atoms with E-state index in [1.165, 1.54) is 0 Å². The van der Waals surface area contributed by atoms with E-state index in [1.807, 2.05) is 27.7 Å². The quantitative estimate of drug-likeness (QED) is 0.153. The van der Waals surface area contributed by atoms with Gasteiger partial charge in [0.2, 0.25) is 0 Å². The van der Waals surface area contributed by atoms with Crippen LogP contribution in [-0.2, 0) is 13.4 Å². The molecular weight excluding hydrogens is 378 g/mol. The summed E-state index contributed by atoms with van der Waals surface area (Å²) in [5.41, 5.74) is 10.2. The van der Waals surface area contributed by atoms with Crippen molar-refractivity contribution in [3.63, 3.8) is 0 Å². The highest BCUT2D eigenvalue weighted by molar-refractivity contribution is 7.60. The van der Waals surface area contributed by atoms with E-state index in [2.05, 4.69) is 24.5 Å². The summed E-state index contributed by atoms with van der Waals surface area (Å²) in [6.45, 7) is 7.37. The summed E-state index contributed by atoms with van der Waals surface area (Å²) >= 11 is 0. The molecule has 0 saturated heterocycles. The predicted molar refractivity (Wildman–Crippen MR) is 93.3 cm³/mol. The fraction of sp³-hybridized carbons (Fsp3) is 0.800. The molecule has 0 atom stereocenters. The van der Waals surface area contributed by atoms with Crippen LogP contribution >= 0.6 is 15.6 Å². The molecule has 0 bridgehead atoms. The second-order valence-electron chi connectivity index (χ2n) is 5.60. The van der Waals surface area contributed by atoms with E-state index in [-0.39, 0.29) is 0 Å². The van der Waals surface area contributed by atoms with Crippen molar-refractivity contribution in [2.45, 2.75) is 38.8 Å². The van der Waals surface area contributed by atoms with Crippen LogP contribution in [0.4, 0.5) is 0 Å². The van der Waals surface area contributed by atoms with Crippen LogP contribution in [-0.4, -0.2) is 56.4 Å². The number of hydrogen-bond acceptors (Lipinski definition) is 7. The van der Waals surface area contributed by atoms with E-state index < -0.39 is 26.7 Å². The van der Waals surface area contributed by atoms with Gasteiger partial charge in [0, 0.05) is 14.1 Å². The normalized spacial score (nSPS) is 15.1. The Morgan fingerprint density at radius 2 is 1.04 bits per heavy atom. The molecule has 0 aliphatic carbocycles. The molecule has 0 fully saturated rings. The smallest absolute Gasteiger partial charge is 0.385 e. The summed E-state index contributed by atoms with van der Waals surface area (Å²) in [5, 5.41) is 8.35. The van der Waals surface area contributed by atoms with Crippen LogP contribution in [0.2, 0.25) is 0 Å². The number of aliphatic imine (C=N–C) groups is 2. The van der Waals surface area contributed by atoms with E-state index >= 15 is 0 Å². The van der Waals surface area contributed by atoms with Gasteiger partial charge in [-0.15, -0.1) is 0 Å². The summed E-state index contributed by atoms with van der Waals surface area (Å²) in [6.07, 6.45) is 0. The lowest BCUT2D eigenvalue weighted by Crippen LogP contribution is -2.39. The maximum Gasteiger partial charge on any atom is 0.478 e. The Kier molecular flexibility index (Phi) is 9.88. The second kappa shape index (κ2) is 9.48. The van der Waals surface area contributed by atoms with Gasteiger partial charge in [0.25, 0.3) is 0 Å². The van der Waals surface area contributed by atoms with Crippen molar-refractivity contribution in [2.75, 3.05) is 14.1 Å². The Morgan fingerprint density at radius 3 is 1.16 bits per heavy atom. The van der Waals surface area contributed by atoms with Crippen molar-refractivity contribution >= 4 is 27.3 Å². The highest BCUT2D eigenvalue weighted by Gasteiger charge is 2.28. The van der Waals surface area contributed by atoms with Crippen molar-refractivity contribution in [3.05, 3.63) is 0 Å². The molecule has 0 aromatic heterocycles. The van der Waals surface area contributed by atoms with Crippen LogP contribution in [0, 0.1) is 0 Å². The molecular formula is C10H26N6O7P2. The van der Waals surface area contributed by atoms with Gasteiger partial charge in [-0.3, -0.25) is 9.98 Å². The van der Waals surface area contributed by atoms with Gasteiger partial charge in [0.1, 0.15) is 22.7 Å². The summed E-state index contributed by atoms with van der Waals surface area (Å²) in [7, 11) is -6.85. The van der Waals surface area contributed by atoms with Crippen LogP contribution in [0.25, 0.3) is 0 Å². The summed E-state index contributed by atoms with van der Waals surface area (Å²) in [5.74, 6) is 0.859. The van der Waals surface area contributed by atoms with Crippen LogP contribution in [0.1, 0.15) is 27.7 Å².